The minimum atomic E-state index is -3.90. The molecule has 0 fully saturated rings. The van der Waals surface area contributed by atoms with Gasteiger partial charge in [0, 0.05) is 11.1 Å². The van der Waals surface area contributed by atoms with Gasteiger partial charge in [0.15, 0.2) is 5.66 Å². The maximum atomic E-state index is 14.1. The Kier molecular flexibility index (Phi) is 10.2. The third kappa shape index (κ3) is 6.66. The lowest BCUT2D eigenvalue weighted by Gasteiger charge is -2.44. The summed E-state index contributed by atoms with van der Waals surface area (Å²) in [5, 5.41) is 4.14. The first-order chi connectivity index (χ1) is 31.2. The largest absolute Gasteiger partial charge is 0.267 e. The van der Waals surface area contributed by atoms with Crippen molar-refractivity contribution in [1.29, 1.82) is 0 Å². The van der Waals surface area contributed by atoms with E-state index in [0.29, 0.717) is 22.6 Å². The molecule has 0 spiro atoms. The fourth-order valence-corrected chi connectivity index (χ4v) is 11.4. The molecule has 2 atom stereocenters. The molecule has 8 aromatic carbocycles. The van der Waals surface area contributed by atoms with Crippen molar-refractivity contribution in [1.82, 2.24) is 5.32 Å². The second-order valence-electron chi connectivity index (χ2n) is 15.6. The van der Waals surface area contributed by atoms with Crippen LogP contribution in [0.3, 0.4) is 0 Å². The van der Waals surface area contributed by atoms with Crippen molar-refractivity contribution in [3.63, 3.8) is 0 Å². The van der Waals surface area contributed by atoms with E-state index >= 15 is 0 Å². The standard InChI is InChI=1S/C54H40N4O4S2/c59-63(60,46-27-15-5-16-28-46)48-35-31-44(32-36-48)53(55-39-50(56-53)40-19-7-1-8-20-40)54(45-33-37-49(38-34-45)64(61,62)47-29-17-6-18-30-47)57-51(41-21-9-2-10-22-41)52(58-54,42-23-11-3-12-24-42)43-25-13-4-14-26-43/h1-39,58H. The van der Waals surface area contributed by atoms with Gasteiger partial charge in [0.1, 0.15) is 5.54 Å². The van der Waals surface area contributed by atoms with E-state index in [9.17, 15) is 16.8 Å². The van der Waals surface area contributed by atoms with Gasteiger partial charge in [0.2, 0.25) is 25.3 Å². The van der Waals surface area contributed by atoms with Crippen molar-refractivity contribution in [3.05, 3.63) is 264 Å². The molecular formula is C54H40N4O4S2. The molecule has 0 amide bonds. The van der Waals surface area contributed by atoms with Crippen LogP contribution in [-0.2, 0) is 36.5 Å². The van der Waals surface area contributed by atoms with Crippen LogP contribution in [0.25, 0.3) is 0 Å². The summed E-state index contributed by atoms with van der Waals surface area (Å²) in [4.78, 5) is 17.5. The lowest BCUT2D eigenvalue weighted by atomic mass is 9.75. The highest BCUT2D eigenvalue weighted by atomic mass is 32.2. The van der Waals surface area contributed by atoms with Crippen molar-refractivity contribution in [3.8, 4) is 0 Å². The number of rotatable bonds is 11. The second-order valence-corrected chi connectivity index (χ2v) is 19.5. The zero-order valence-electron chi connectivity index (χ0n) is 34.3. The summed E-state index contributed by atoms with van der Waals surface area (Å²) >= 11 is 0. The minimum absolute atomic E-state index is 0.104. The van der Waals surface area contributed by atoms with Crippen LogP contribution in [0.5, 0.6) is 0 Å². The van der Waals surface area contributed by atoms with E-state index in [1.165, 1.54) is 0 Å². The van der Waals surface area contributed by atoms with Gasteiger partial charge in [-0.15, -0.1) is 0 Å². The van der Waals surface area contributed by atoms with Crippen molar-refractivity contribution in [2.75, 3.05) is 0 Å². The molecular weight excluding hydrogens is 833 g/mol. The highest BCUT2D eigenvalue weighted by Crippen LogP contribution is 2.55. The van der Waals surface area contributed by atoms with Gasteiger partial charge >= 0.3 is 0 Å². The molecule has 312 valence electrons. The smallest absolute Gasteiger partial charge is 0.218 e. The quantitative estimate of drug-likeness (QED) is 0.139. The maximum Gasteiger partial charge on any atom is 0.218 e. The van der Waals surface area contributed by atoms with Crippen LogP contribution in [0, 0.1) is 0 Å². The normalized spacial score (nSPS) is 19.2. The highest BCUT2D eigenvalue weighted by Gasteiger charge is 2.64. The van der Waals surface area contributed by atoms with Gasteiger partial charge < -0.3 is 0 Å². The van der Waals surface area contributed by atoms with Crippen LogP contribution in [0.1, 0.15) is 33.4 Å². The molecule has 0 bridgehead atoms. The van der Waals surface area contributed by atoms with Gasteiger partial charge in [0.05, 0.1) is 37.2 Å². The average molecular weight is 873 g/mol. The van der Waals surface area contributed by atoms with Gasteiger partial charge in [-0.25, -0.2) is 21.8 Å². The molecule has 10 rings (SSSR count). The molecule has 2 heterocycles. The summed E-state index contributed by atoms with van der Waals surface area (Å²) in [5.74, 6) is 0. The van der Waals surface area contributed by atoms with E-state index in [1.807, 2.05) is 97.1 Å². The fraction of sp³-hybridized carbons (Fsp3) is 0.0556. The molecule has 0 saturated carbocycles. The van der Waals surface area contributed by atoms with E-state index in [4.69, 9.17) is 15.0 Å². The van der Waals surface area contributed by atoms with Crippen molar-refractivity contribution in [2.24, 2.45) is 15.0 Å². The Bertz CT molecular complexity index is 3240. The van der Waals surface area contributed by atoms with E-state index in [-0.39, 0.29) is 19.6 Å². The molecule has 0 aliphatic carbocycles. The van der Waals surface area contributed by atoms with Crippen LogP contribution in [-0.4, -0.2) is 34.5 Å². The van der Waals surface area contributed by atoms with Crippen molar-refractivity contribution in [2.45, 2.75) is 36.4 Å². The number of nitrogens with one attached hydrogen (secondary N) is 1. The number of hydrogen-bond acceptors (Lipinski definition) is 8. The Morgan fingerprint density at radius 1 is 0.359 bits per heavy atom. The van der Waals surface area contributed by atoms with Crippen LogP contribution in [0.2, 0.25) is 0 Å². The number of hydrogen-bond donors (Lipinski definition) is 1. The lowest BCUT2D eigenvalue weighted by Crippen LogP contribution is -2.59. The molecule has 8 aromatic rings. The van der Waals surface area contributed by atoms with Crippen molar-refractivity contribution >= 4 is 37.3 Å². The van der Waals surface area contributed by atoms with Crippen LogP contribution < -0.4 is 5.32 Å². The van der Waals surface area contributed by atoms with Crippen LogP contribution in [0.4, 0.5) is 0 Å². The van der Waals surface area contributed by atoms with Crippen molar-refractivity contribution < 1.29 is 16.8 Å². The molecule has 2 aliphatic heterocycles. The summed E-state index contributed by atoms with van der Waals surface area (Å²) in [7, 11) is -7.80. The highest BCUT2D eigenvalue weighted by molar-refractivity contribution is 7.91. The third-order valence-corrected chi connectivity index (χ3v) is 15.5. The first-order valence-electron chi connectivity index (χ1n) is 20.8. The summed E-state index contributed by atoms with van der Waals surface area (Å²) < 4.78 is 56.1. The first kappa shape index (κ1) is 40.7. The fourth-order valence-electron chi connectivity index (χ4n) is 8.82. The third-order valence-electron chi connectivity index (χ3n) is 12.0. The predicted molar refractivity (Wildman–Crippen MR) is 251 cm³/mol. The molecule has 8 nitrogen and oxygen atoms in total. The SMILES string of the molecule is O=S(=O)(c1ccccc1)c1ccc(C2(C3(c4ccc(S(=O)(=O)c5ccccc5)cc4)N=C(c4ccccc4)C(c4ccccc4)(c4ccccc4)N3)N=CC(c3ccccc3)=N2)cc1. The topological polar surface area (TPSA) is 117 Å². The monoisotopic (exact) mass is 872 g/mol. The molecule has 10 heteroatoms. The lowest BCUT2D eigenvalue weighted by molar-refractivity contribution is 0.180. The number of nitrogens with zero attached hydrogens (tertiary/aromatic N) is 3. The Labute approximate surface area is 372 Å². The zero-order chi connectivity index (χ0) is 43.8. The van der Waals surface area contributed by atoms with Gasteiger partial charge in [-0.1, -0.05) is 182 Å². The van der Waals surface area contributed by atoms with Gasteiger partial charge in [-0.05, 0) is 70.8 Å². The van der Waals surface area contributed by atoms with Crippen LogP contribution >= 0.6 is 0 Å². The molecule has 0 aromatic heterocycles. The average Bonchev–Trinajstić information content (AvgIpc) is 4.00. The summed E-state index contributed by atoms with van der Waals surface area (Å²) in [6.07, 6.45) is 1.74. The zero-order valence-corrected chi connectivity index (χ0v) is 35.9. The summed E-state index contributed by atoms with van der Waals surface area (Å²) in [6, 6.07) is 70.0. The number of aliphatic imine (C=N–C) groups is 3. The molecule has 64 heavy (non-hydrogen) atoms. The Hall–Kier alpha value is -7.37. The molecule has 2 aliphatic rings. The molecule has 2 unspecified atom stereocenters. The Morgan fingerprint density at radius 2 is 0.734 bits per heavy atom. The van der Waals surface area contributed by atoms with E-state index < -0.39 is 36.5 Å². The van der Waals surface area contributed by atoms with E-state index in [1.54, 1.807) is 115 Å². The molecule has 1 N–H and O–H groups in total. The van der Waals surface area contributed by atoms with Gasteiger partial charge in [0.25, 0.3) is 0 Å². The molecule has 0 saturated heterocycles. The minimum Gasteiger partial charge on any atom is -0.267 e. The van der Waals surface area contributed by atoms with Gasteiger partial charge in [-0.3, -0.25) is 15.3 Å². The Morgan fingerprint density at radius 3 is 1.19 bits per heavy atom. The summed E-state index contributed by atoms with van der Waals surface area (Å²) in [5.41, 5.74) is 1.37. The molecule has 0 radical (unpaired) electrons. The first-order valence-corrected chi connectivity index (χ1v) is 23.7. The van der Waals surface area contributed by atoms with Gasteiger partial charge in [-0.2, -0.15) is 0 Å². The van der Waals surface area contributed by atoms with E-state index in [0.717, 1.165) is 22.3 Å². The van der Waals surface area contributed by atoms with E-state index in [2.05, 4.69) is 29.6 Å². The number of benzene rings is 8. The summed E-state index contributed by atoms with van der Waals surface area (Å²) in [6.45, 7) is 0. The number of sulfone groups is 2. The predicted octanol–water partition coefficient (Wildman–Crippen LogP) is 9.97. The maximum absolute atomic E-state index is 14.1. The Balaban J connectivity index is 1.29. The second kappa shape index (κ2) is 16.1. The van der Waals surface area contributed by atoms with Crippen LogP contribution in [0.15, 0.2) is 265 Å².